The molecule has 0 aliphatic rings. The average Bonchev–Trinajstić information content (AvgIpc) is 3.42. The number of phosphoric ester groups is 1. The highest BCUT2D eigenvalue weighted by molar-refractivity contribution is 7.47. The van der Waals surface area contributed by atoms with Crippen LogP contribution in [0.4, 0.5) is 0 Å². The predicted octanol–water partition coefficient (Wildman–Crippen LogP) is 21.4. The number of carbonyl (C=O) groups is 2. The molecule has 0 aliphatic heterocycles. The van der Waals surface area contributed by atoms with Crippen LogP contribution in [-0.2, 0) is 32.7 Å². The summed E-state index contributed by atoms with van der Waals surface area (Å²) in [6, 6.07) is 0. The predicted molar refractivity (Wildman–Crippen MR) is 344 cm³/mol. The van der Waals surface area contributed by atoms with Gasteiger partial charge in [0.15, 0.2) is 6.10 Å². The minimum atomic E-state index is -4.39. The Bertz CT molecular complexity index is 1630. The molecule has 0 rings (SSSR count). The van der Waals surface area contributed by atoms with Crippen LogP contribution in [0.1, 0.15) is 296 Å². The fourth-order valence-corrected chi connectivity index (χ4v) is 10.1. The number of ether oxygens (including phenoxy) is 2. The quantitative estimate of drug-likeness (QED) is 0.0211. The van der Waals surface area contributed by atoms with Crippen LogP contribution in [0, 0.1) is 0 Å². The van der Waals surface area contributed by atoms with Gasteiger partial charge < -0.3 is 18.9 Å². The molecule has 0 heterocycles. The lowest BCUT2D eigenvalue weighted by Gasteiger charge is -2.24. The van der Waals surface area contributed by atoms with Gasteiger partial charge in [-0.25, -0.2) is 4.57 Å². The maximum atomic E-state index is 12.8. The second-order valence-electron chi connectivity index (χ2n) is 23.5. The lowest BCUT2D eigenvalue weighted by atomic mass is 10.0. The Morgan fingerprint density at radius 1 is 0.400 bits per heavy atom. The maximum absolute atomic E-state index is 12.8. The molecule has 0 radical (unpaired) electrons. The van der Waals surface area contributed by atoms with Gasteiger partial charge in [0.1, 0.15) is 19.8 Å². The standard InChI is InChI=1S/C70H126NO8P/c1-6-8-10-12-14-16-18-20-22-23-24-25-26-27-28-29-30-31-32-33-34-35-36-37-38-39-40-41-42-43-44-45-46-47-49-51-53-55-57-59-61-63-70(73)79-68(67-78-80(74,75)77-65-64-71(3,4)5)66-76-69(72)62-60-58-56-54-52-50-48-21-19-17-15-13-11-9-7-2/h8,10,14,16,20-22,24-25,27-28,30-31,48,68H,6-7,9,11-13,15,17-19,23,26,29,32-47,49-67H2,1-5H3/p+1/b10-8-,16-14-,22-20-,25-24-,28-27-,31-30-,48-21-. The fraction of sp³-hybridized carbons (Fsp3) is 0.771. The third-order valence-electron chi connectivity index (χ3n) is 14.4. The molecule has 0 fully saturated rings. The van der Waals surface area contributed by atoms with E-state index in [9.17, 15) is 19.0 Å². The van der Waals surface area contributed by atoms with Crippen LogP contribution in [0.15, 0.2) is 85.1 Å². The largest absolute Gasteiger partial charge is 0.472 e. The summed E-state index contributed by atoms with van der Waals surface area (Å²) in [5, 5.41) is 0. The first-order chi connectivity index (χ1) is 39.0. The summed E-state index contributed by atoms with van der Waals surface area (Å²) in [4.78, 5) is 35.7. The normalized spacial score (nSPS) is 13.7. The number of unbranched alkanes of at least 4 members (excludes halogenated alkanes) is 33. The lowest BCUT2D eigenvalue weighted by Crippen LogP contribution is -2.37. The van der Waals surface area contributed by atoms with Gasteiger partial charge in [-0.1, -0.05) is 279 Å². The summed E-state index contributed by atoms with van der Waals surface area (Å²) in [7, 11) is 1.48. The van der Waals surface area contributed by atoms with Gasteiger partial charge in [0.2, 0.25) is 0 Å². The number of allylic oxidation sites excluding steroid dienone is 14. The molecule has 9 nitrogen and oxygen atoms in total. The van der Waals surface area contributed by atoms with Gasteiger partial charge in [0.05, 0.1) is 27.7 Å². The van der Waals surface area contributed by atoms with Crippen LogP contribution in [0.3, 0.4) is 0 Å². The third-order valence-corrected chi connectivity index (χ3v) is 15.4. The second kappa shape index (κ2) is 60.8. The van der Waals surface area contributed by atoms with Crippen LogP contribution < -0.4 is 0 Å². The highest BCUT2D eigenvalue weighted by Crippen LogP contribution is 2.43. The molecule has 464 valence electrons. The summed E-state index contributed by atoms with van der Waals surface area (Å²) in [6.07, 6.45) is 82.7. The molecule has 0 bridgehead atoms. The van der Waals surface area contributed by atoms with E-state index in [0.717, 1.165) is 89.9 Å². The number of carbonyl (C=O) groups excluding carboxylic acids is 2. The Morgan fingerprint density at radius 2 is 0.713 bits per heavy atom. The topological polar surface area (TPSA) is 108 Å². The summed E-state index contributed by atoms with van der Waals surface area (Å²) in [5.41, 5.74) is 0. The van der Waals surface area contributed by atoms with Gasteiger partial charge in [-0.2, -0.15) is 0 Å². The Morgan fingerprint density at radius 3 is 1.07 bits per heavy atom. The molecule has 0 amide bonds. The molecular weight excluding hydrogens is 1010 g/mol. The fourth-order valence-electron chi connectivity index (χ4n) is 9.31. The van der Waals surface area contributed by atoms with Crippen LogP contribution in [0.25, 0.3) is 0 Å². The maximum Gasteiger partial charge on any atom is 0.472 e. The SMILES string of the molecule is CC/C=C\C/C=C\C/C=C\C/C=C\C/C=C\C/C=C\CCCCCCCCCCCCCCCCCCCCCCCCC(=O)OC(COC(=O)CCCCCCC/C=C\CCCCCCCC)COP(=O)(O)OCC[N+](C)(C)C. The summed E-state index contributed by atoms with van der Waals surface area (Å²) in [6.45, 7) is 4.33. The average molecular weight is 1140 g/mol. The van der Waals surface area contributed by atoms with Crippen LogP contribution in [-0.4, -0.2) is 74.9 Å². The number of rotatable bonds is 61. The number of hydrogen-bond acceptors (Lipinski definition) is 7. The molecular formula is C70H127NO8P+. The van der Waals surface area contributed by atoms with E-state index in [0.29, 0.717) is 17.4 Å². The van der Waals surface area contributed by atoms with Crippen molar-refractivity contribution < 1.29 is 42.1 Å². The van der Waals surface area contributed by atoms with Gasteiger partial charge in [-0.15, -0.1) is 0 Å². The second-order valence-corrected chi connectivity index (χ2v) is 24.9. The van der Waals surface area contributed by atoms with E-state index in [2.05, 4.69) is 98.9 Å². The molecule has 2 unspecified atom stereocenters. The lowest BCUT2D eigenvalue weighted by molar-refractivity contribution is -0.870. The first-order valence-electron chi connectivity index (χ1n) is 33.3. The van der Waals surface area contributed by atoms with E-state index in [-0.39, 0.29) is 32.0 Å². The minimum Gasteiger partial charge on any atom is -0.462 e. The number of phosphoric acid groups is 1. The van der Waals surface area contributed by atoms with Crippen molar-refractivity contribution in [3.8, 4) is 0 Å². The Hall–Kier alpha value is -2.81. The molecule has 0 saturated carbocycles. The molecule has 80 heavy (non-hydrogen) atoms. The highest BCUT2D eigenvalue weighted by atomic mass is 31.2. The van der Waals surface area contributed by atoms with Gasteiger partial charge in [-0.05, 0) is 89.9 Å². The van der Waals surface area contributed by atoms with Gasteiger partial charge in [0.25, 0.3) is 0 Å². The van der Waals surface area contributed by atoms with Crippen molar-refractivity contribution in [3.05, 3.63) is 85.1 Å². The van der Waals surface area contributed by atoms with E-state index in [1.807, 2.05) is 21.1 Å². The number of nitrogens with zero attached hydrogens (tertiary/aromatic N) is 1. The van der Waals surface area contributed by atoms with Crippen LogP contribution in [0.2, 0.25) is 0 Å². The van der Waals surface area contributed by atoms with Gasteiger partial charge in [-0.3, -0.25) is 18.6 Å². The van der Waals surface area contributed by atoms with Crippen molar-refractivity contribution in [1.29, 1.82) is 0 Å². The van der Waals surface area contributed by atoms with Crippen LogP contribution >= 0.6 is 7.82 Å². The number of esters is 2. The van der Waals surface area contributed by atoms with Gasteiger partial charge in [0, 0.05) is 12.8 Å². The smallest absolute Gasteiger partial charge is 0.462 e. The number of quaternary nitrogens is 1. The minimum absolute atomic E-state index is 0.0305. The van der Waals surface area contributed by atoms with E-state index < -0.39 is 26.5 Å². The molecule has 0 aliphatic carbocycles. The summed E-state index contributed by atoms with van der Waals surface area (Å²) < 4.78 is 34.6. The Kier molecular flexibility index (Phi) is 58.6. The molecule has 0 aromatic heterocycles. The van der Waals surface area contributed by atoms with Gasteiger partial charge >= 0.3 is 19.8 Å². The highest BCUT2D eigenvalue weighted by Gasteiger charge is 2.27. The van der Waals surface area contributed by atoms with E-state index in [1.165, 1.54) is 173 Å². The van der Waals surface area contributed by atoms with E-state index in [1.54, 1.807) is 0 Å². The van der Waals surface area contributed by atoms with E-state index >= 15 is 0 Å². The number of hydrogen-bond donors (Lipinski definition) is 1. The van der Waals surface area contributed by atoms with Crippen molar-refractivity contribution in [2.24, 2.45) is 0 Å². The molecule has 0 aromatic rings. The third kappa shape index (κ3) is 64.4. The Balaban J connectivity index is 3.91. The zero-order chi connectivity index (χ0) is 58.4. The Labute approximate surface area is 494 Å². The van der Waals surface area contributed by atoms with E-state index in [4.69, 9.17) is 18.5 Å². The molecule has 10 heteroatoms. The van der Waals surface area contributed by atoms with Crippen LogP contribution in [0.5, 0.6) is 0 Å². The van der Waals surface area contributed by atoms with Crippen molar-refractivity contribution >= 4 is 19.8 Å². The summed E-state index contributed by atoms with van der Waals surface area (Å²) in [5.74, 6) is -0.797. The molecule has 0 saturated heterocycles. The van der Waals surface area contributed by atoms with Crippen molar-refractivity contribution in [2.45, 2.75) is 302 Å². The zero-order valence-corrected chi connectivity index (χ0v) is 53.7. The monoisotopic (exact) mass is 1140 g/mol. The first-order valence-corrected chi connectivity index (χ1v) is 34.8. The molecule has 2 atom stereocenters. The molecule has 0 spiro atoms. The van der Waals surface area contributed by atoms with Crippen molar-refractivity contribution in [2.75, 3.05) is 47.5 Å². The number of likely N-dealkylation sites (N-methyl/N-ethyl adjacent to an activating group) is 1. The first kappa shape index (κ1) is 77.2. The zero-order valence-electron chi connectivity index (χ0n) is 52.8. The summed E-state index contributed by atoms with van der Waals surface area (Å²) >= 11 is 0. The molecule has 0 aromatic carbocycles. The van der Waals surface area contributed by atoms with Crippen molar-refractivity contribution in [1.82, 2.24) is 0 Å². The molecule has 1 N–H and O–H groups in total. The van der Waals surface area contributed by atoms with Crippen molar-refractivity contribution in [3.63, 3.8) is 0 Å².